The third-order valence-electron chi connectivity index (χ3n) is 13.1. The van der Waals surface area contributed by atoms with E-state index in [4.69, 9.17) is 0 Å². The van der Waals surface area contributed by atoms with Crippen molar-refractivity contribution in [3.8, 4) is 33.6 Å². The summed E-state index contributed by atoms with van der Waals surface area (Å²) < 4.78 is 4.98. The molecule has 0 saturated carbocycles. The van der Waals surface area contributed by atoms with Crippen molar-refractivity contribution in [2.45, 2.75) is 0 Å². The Hall–Kier alpha value is -7.98. The maximum absolute atomic E-state index is 2.87. The number of nitrogens with zero attached hydrogens (tertiary/aromatic N) is 2. The summed E-state index contributed by atoms with van der Waals surface area (Å²) in [6, 6.07) is 94.1. The molecule has 0 unspecified atom stereocenters. The van der Waals surface area contributed by atoms with E-state index in [2.05, 4.69) is 264 Å². The molecule has 0 aliphatic carbocycles. The monoisotopic (exact) mass is 818 g/mol. The third kappa shape index (κ3) is 5.85. The van der Waals surface area contributed by atoms with Crippen LogP contribution in [0.2, 0.25) is 0 Å². The summed E-state index contributed by atoms with van der Waals surface area (Å²) in [6.45, 7) is 0. The summed E-state index contributed by atoms with van der Waals surface area (Å²) >= 11 is 0. The Morgan fingerprint density at radius 2 is 0.635 bits per heavy atom. The number of hydrogen-bond acceptors (Lipinski definition) is 0. The summed E-state index contributed by atoms with van der Waals surface area (Å²) in [5, 5.41) is 10.5. The first kappa shape index (κ1) is 36.8. The molecule has 12 rings (SSSR count). The van der Waals surface area contributed by atoms with E-state index in [0.717, 1.165) is 5.69 Å². The number of para-hydroxylation sites is 2. The van der Waals surface area contributed by atoms with E-state index in [1.54, 1.807) is 0 Å². The van der Waals surface area contributed by atoms with E-state index < -0.39 is 8.07 Å². The molecule has 0 radical (unpaired) electrons. The second-order valence-electron chi connectivity index (χ2n) is 16.4. The van der Waals surface area contributed by atoms with Crippen molar-refractivity contribution in [1.82, 2.24) is 9.13 Å². The fourth-order valence-corrected chi connectivity index (χ4v) is 15.4. The Bertz CT molecular complexity index is 3480. The van der Waals surface area contributed by atoms with Gasteiger partial charge in [-0.2, -0.15) is 0 Å². The van der Waals surface area contributed by atoms with Crippen LogP contribution in [0.4, 0.5) is 0 Å². The Balaban J connectivity index is 1.08. The van der Waals surface area contributed by atoms with E-state index >= 15 is 0 Å². The predicted octanol–water partition coefficient (Wildman–Crippen LogP) is 12.6. The molecule has 10 aromatic carbocycles. The predicted molar refractivity (Wildman–Crippen MR) is 270 cm³/mol. The zero-order chi connectivity index (χ0) is 41.7. The molecule has 0 spiro atoms. The molecule has 63 heavy (non-hydrogen) atoms. The summed E-state index contributed by atoms with van der Waals surface area (Å²) in [7, 11) is -2.87. The lowest BCUT2D eigenvalue weighted by Crippen LogP contribution is -2.74. The van der Waals surface area contributed by atoms with Gasteiger partial charge in [0.05, 0.1) is 27.8 Å². The quantitative estimate of drug-likeness (QED) is 0.107. The average molecular weight is 819 g/mol. The second-order valence-corrected chi connectivity index (χ2v) is 20.2. The molecule has 0 bridgehead atoms. The van der Waals surface area contributed by atoms with Crippen LogP contribution in [-0.4, -0.2) is 17.2 Å². The molecule has 2 nitrogen and oxygen atoms in total. The van der Waals surface area contributed by atoms with Gasteiger partial charge in [0.1, 0.15) is 0 Å². The number of fused-ring (bicyclic) bond motifs is 6. The molecular formula is C60H42N2Si. The van der Waals surface area contributed by atoms with Crippen molar-refractivity contribution >= 4 is 72.4 Å². The van der Waals surface area contributed by atoms with Crippen LogP contribution < -0.4 is 20.7 Å². The number of hydrogen-bond donors (Lipinski definition) is 0. The molecule has 2 heterocycles. The van der Waals surface area contributed by atoms with Crippen molar-refractivity contribution in [1.29, 1.82) is 0 Å². The Morgan fingerprint density at radius 3 is 1.17 bits per heavy atom. The molecule has 0 atom stereocenters. The first-order valence-corrected chi connectivity index (χ1v) is 23.8. The smallest absolute Gasteiger partial charge is 0.180 e. The van der Waals surface area contributed by atoms with Crippen LogP contribution in [0, 0.1) is 0 Å². The van der Waals surface area contributed by atoms with E-state index in [1.165, 1.54) is 92.3 Å². The summed E-state index contributed by atoms with van der Waals surface area (Å²) in [4.78, 5) is 0. The van der Waals surface area contributed by atoms with Gasteiger partial charge in [-0.05, 0) is 85.5 Å². The normalized spacial score (nSPS) is 11.8. The van der Waals surface area contributed by atoms with Gasteiger partial charge in [0, 0.05) is 27.2 Å². The Kier molecular flexibility index (Phi) is 8.87. The summed E-state index contributed by atoms with van der Waals surface area (Å²) in [5.41, 5.74) is 11.9. The standard InChI is InChI=1S/C60H42N2Si/c1-5-19-43(20-6-1)44-35-37-45(38-36-44)46-39-41-47(42-40-46)61-53-29-15-13-27-51(53)59-55(61)31-17-32-56(59)62-54-30-16-14-28-52(54)60-57(62)33-18-34-58(60)63(48-21-7-2-8-22-48,49-23-9-3-10-24-49)50-25-11-4-12-26-50/h1-42H. The highest BCUT2D eigenvalue weighted by Crippen LogP contribution is 2.40. The lowest BCUT2D eigenvalue weighted by molar-refractivity contribution is 1.17. The first-order chi connectivity index (χ1) is 31.3. The lowest BCUT2D eigenvalue weighted by Gasteiger charge is -2.35. The molecule has 0 N–H and O–H groups in total. The van der Waals surface area contributed by atoms with Crippen LogP contribution in [0.1, 0.15) is 0 Å². The molecule has 12 aromatic rings. The molecule has 0 aliphatic rings. The first-order valence-electron chi connectivity index (χ1n) is 21.8. The molecule has 0 aliphatic heterocycles. The van der Waals surface area contributed by atoms with Gasteiger partial charge in [-0.3, -0.25) is 0 Å². The molecule has 0 fully saturated rings. The minimum atomic E-state index is -2.87. The number of benzene rings is 10. The van der Waals surface area contributed by atoms with Crippen molar-refractivity contribution in [2.24, 2.45) is 0 Å². The number of aromatic nitrogens is 2. The second kappa shape index (κ2) is 15.2. The minimum absolute atomic E-state index is 1.14. The van der Waals surface area contributed by atoms with E-state index in [1.807, 2.05) is 0 Å². The van der Waals surface area contributed by atoms with Gasteiger partial charge in [0.15, 0.2) is 8.07 Å². The van der Waals surface area contributed by atoms with Gasteiger partial charge in [-0.15, -0.1) is 0 Å². The molecule has 3 heteroatoms. The lowest BCUT2D eigenvalue weighted by atomic mass is 10.0. The molecule has 2 aromatic heterocycles. The maximum Gasteiger partial charge on any atom is 0.180 e. The van der Waals surface area contributed by atoms with Crippen LogP contribution in [0.25, 0.3) is 77.2 Å². The number of rotatable bonds is 8. The van der Waals surface area contributed by atoms with E-state index in [0.29, 0.717) is 0 Å². The van der Waals surface area contributed by atoms with E-state index in [9.17, 15) is 0 Å². The fourth-order valence-electron chi connectivity index (χ4n) is 10.4. The van der Waals surface area contributed by atoms with Crippen LogP contribution in [0.3, 0.4) is 0 Å². The highest BCUT2D eigenvalue weighted by Gasteiger charge is 2.43. The molecular weight excluding hydrogens is 777 g/mol. The van der Waals surface area contributed by atoms with Gasteiger partial charge < -0.3 is 9.13 Å². The Morgan fingerprint density at radius 1 is 0.254 bits per heavy atom. The van der Waals surface area contributed by atoms with Crippen LogP contribution in [0.15, 0.2) is 255 Å². The van der Waals surface area contributed by atoms with E-state index in [-0.39, 0.29) is 0 Å². The summed E-state index contributed by atoms with van der Waals surface area (Å²) in [6.07, 6.45) is 0. The van der Waals surface area contributed by atoms with Crippen LogP contribution >= 0.6 is 0 Å². The molecule has 0 amide bonds. The van der Waals surface area contributed by atoms with Crippen molar-refractivity contribution in [3.63, 3.8) is 0 Å². The Labute approximate surface area is 368 Å². The van der Waals surface area contributed by atoms with Crippen molar-refractivity contribution < 1.29 is 0 Å². The zero-order valence-electron chi connectivity index (χ0n) is 34.6. The van der Waals surface area contributed by atoms with Crippen LogP contribution in [0.5, 0.6) is 0 Å². The molecule has 296 valence electrons. The minimum Gasteiger partial charge on any atom is -0.309 e. The fraction of sp³-hybridized carbons (Fsp3) is 0. The van der Waals surface area contributed by atoms with Gasteiger partial charge in [-0.1, -0.05) is 212 Å². The molecule has 0 saturated heterocycles. The van der Waals surface area contributed by atoms with Crippen molar-refractivity contribution in [2.75, 3.05) is 0 Å². The SMILES string of the molecule is c1ccc(-c2ccc(-c3ccc(-n4c5ccccc5c5c(-n6c7ccccc7c7c([Si](c8ccccc8)(c8ccccc8)c8ccccc8)cccc76)cccc54)cc3)cc2)cc1. The zero-order valence-corrected chi connectivity index (χ0v) is 35.6. The van der Waals surface area contributed by atoms with Gasteiger partial charge >= 0.3 is 0 Å². The van der Waals surface area contributed by atoms with Crippen LogP contribution in [-0.2, 0) is 0 Å². The topological polar surface area (TPSA) is 9.86 Å². The maximum atomic E-state index is 2.54. The summed E-state index contributed by atoms with van der Waals surface area (Å²) in [5.74, 6) is 0. The van der Waals surface area contributed by atoms with Crippen molar-refractivity contribution in [3.05, 3.63) is 255 Å². The van der Waals surface area contributed by atoms with Gasteiger partial charge in [0.2, 0.25) is 0 Å². The average Bonchev–Trinajstić information content (AvgIpc) is 3.89. The largest absolute Gasteiger partial charge is 0.309 e. The third-order valence-corrected chi connectivity index (χ3v) is 17.9. The van der Waals surface area contributed by atoms with Gasteiger partial charge in [-0.25, -0.2) is 0 Å². The van der Waals surface area contributed by atoms with Gasteiger partial charge in [0.25, 0.3) is 0 Å². The highest BCUT2D eigenvalue weighted by molar-refractivity contribution is 7.20. The highest BCUT2D eigenvalue weighted by atomic mass is 28.3.